The van der Waals surface area contributed by atoms with Gasteiger partial charge in [0, 0.05) is 5.56 Å². The van der Waals surface area contributed by atoms with Crippen molar-refractivity contribution in [1.29, 1.82) is 0 Å². The molecule has 0 saturated carbocycles. The molecule has 0 fully saturated rings. The summed E-state index contributed by atoms with van der Waals surface area (Å²) in [5, 5.41) is 12.8. The Morgan fingerprint density at radius 3 is 2.56 bits per heavy atom. The largest absolute Gasteiger partial charge is 0.467 e. The zero-order valence-electron chi connectivity index (χ0n) is 13.5. The lowest BCUT2D eigenvalue weighted by Crippen LogP contribution is -2.34. The van der Waals surface area contributed by atoms with E-state index in [-0.39, 0.29) is 16.7 Å². The number of hydrogen-bond donors (Lipinski definition) is 2. The zero-order chi connectivity index (χ0) is 18.2. The molecule has 9 nitrogen and oxygen atoms in total. The summed E-state index contributed by atoms with van der Waals surface area (Å²) in [6.07, 6.45) is -0.687. The molecule has 25 heavy (non-hydrogen) atoms. The van der Waals surface area contributed by atoms with E-state index in [1.807, 2.05) is 0 Å². The van der Waals surface area contributed by atoms with Crippen LogP contribution >= 0.6 is 11.3 Å². The fraction of sp³-hybridized carbons (Fsp3) is 0.267. The Kier molecular flexibility index (Phi) is 6.40. The average molecular weight is 364 g/mol. The molecule has 10 heteroatoms. The first-order valence-corrected chi connectivity index (χ1v) is 8.07. The Labute approximate surface area is 147 Å². The summed E-state index contributed by atoms with van der Waals surface area (Å²) >= 11 is 0.926. The van der Waals surface area contributed by atoms with Gasteiger partial charge in [-0.05, 0) is 19.1 Å². The Hall–Kier alpha value is -3.01. The molecule has 1 aromatic carbocycles. The van der Waals surface area contributed by atoms with Gasteiger partial charge >= 0.3 is 12.1 Å². The number of anilines is 1. The first-order chi connectivity index (χ1) is 12.0. The molecule has 0 aliphatic rings. The van der Waals surface area contributed by atoms with E-state index in [0.29, 0.717) is 5.56 Å². The highest BCUT2D eigenvalue weighted by Crippen LogP contribution is 2.23. The monoisotopic (exact) mass is 364 g/mol. The normalized spacial score (nSPS) is 11.3. The molecule has 0 aliphatic carbocycles. The van der Waals surface area contributed by atoms with Gasteiger partial charge in [0.1, 0.15) is 0 Å². The lowest BCUT2D eigenvalue weighted by atomic mass is 10.2. The smallest absolute Gasteiger partial charge is 0.413 e. The van der Waals surface area contributed by atoms with Gasteiger partial charge in [-0.3, -0.25) is 10.1 Å². The van der Waals surface area contributed by atoms with E-state index < -0.39 is 24.0 Å². The number of hydrogen-bond acceptors (Lipinski definition) is 8. The molecule has 1 atom stereocenters. The predicted molar refractivity (Wildman–Crippen MR) is 89.2 cm³/mol. The van der Waals surface area contributed by atoms with Crippen LogP contribution in [0.3, 0.4) is 0 Å². The number of ether oxygens (including phenoxy) is 2. The van der Waals surface area contributed by atoms with Crippen LogP contribution in [0.5, 0.6) is 0 Å². The molecule has 0 bridgehead atoms. The molecule has 0 aliphatic heterocycles. The minimum absolute atomic E-state index is 0.135. The van der Waals surface area contributed by atoms with E-state index in [2.05, 4.69) is 20.8 Å². The van der Waals surface area contributed by atoms with Gasteiger partial charge in [-0.2, -0.15) is 0 Å². The summed E-state index contributed by atoms with van der Waals surface area (Å²) in [6, 6.07) is 7.25. The topological polar surface area (TPSA) is 120 Å². The van der Waals surface area contributed by atoms with E-state index in [1.54, 1.807) is 37.3 Å². The number of benzene rings is 1. The van der Waals surface area contributed by atoms with Gasteiger partial charge in [0.05, 0.1) is 13.7 Å². The molecule has 2 aromatic rings. The van der Waals surface area contributed by atoms with Crippen molar-refractivity contribution in [2.75, 3.05) is 19.0 Å². The number of nitrogens with zero attached hydrogens (tertiary/aromatic N) is 2. The molecule has 2 amide bonds. The Balaban J connectivity index is 2.15. The molecular formula is C15H16N4O5S. The zero-order valence-corrected chi connectivity index (χ0v) is 14.3. The number of rotatable bonds is 6. The summed E-state index contributed by atoms with van der Waals surface area (Å²) < 4.78 is 9.44. The SMILES string of the molecule is CCOC(=O)Nc1nnc(C(NC(=O)c2ccccc2)C(=O)OC)s1. The van der Waals surface area contributed by atoms with Crippen molar-refractivity contribution in [2.45, 2.75) is 13.0 Å². The van der Waals surface area contributed by atoms with E-state index in [9.17, 15) is 14.4 Å². The molecule has 1 unspecified atom stereocenters. The van der Waals surface area contributed by atoms with Crippen LogP contribution in [0.1, 0.15) is 28.3 Å². The van der Waals surface area contributed by atoms with Crippen molar-refractivity contribution in [3.63, 3.8) is 0 Å². The molecule has 0 radical (unpaired) electrons. The lowest BCUT2D eigenvalue weighted by Gasteiger charge is -2.13. The first-order valence-electron chi connectivity index (χ1n) is 7.26. The second-order valence-corrected chi connectivity index (χ2v) is 5.60. The van der Waals surface area contributed by atoms with E-state index in [0.717, 1.165) is 11.3 Å². The van der Waals surface area contributed by atoms with Gasteiger partial charge in [0.2, 0.25) is 5.13 Å². The van der Waals surface area contributed by atoms with Crippen LogP contribution in [0.25, 0.3) is 0 Å². The minimum atomic E-state index is -1.15. The number of carbonyl (C=O) groups excluding carboxylic acids is 3. The molecule has 0 spiro atoms. The van der Waals surface area contributed by atoms with Crippen LogP contribution in [0.15, 0.2) is 30.3 Å². The van der Waals surface area contributed by atoms with Crippen LogP contribution in [0, 0.1) is 0 Å². The predicted octanol–water partition coefficient (Wildman–Crippen LogP) is 1.75. The number of nitrogens with one attached hydrogen (secondary N) is 2. The van der Waals surface area contributed by atoms with Crippen molar-refractivity contribution >= 4 is 34.4 Å². The van der Waals surface area contributed by atoms with Gasteiger partial charge in [-0.1, -0.05) is 29.5 Å². The van der Waals surface area contributed by atoms with Crippen LogP contribution in [0.2, 0.25) is 0 Å². The van der Waals surface area contributed by atoms with Crippen molar-refractivity contribution < 1.29 is 23.9 Å². The maximum atomic E-state index is 12.3. The van der Waals surface area contributed by atoms with E-state index >= 15 is 0 Å². The van der Waals surface area contributed by atoms with Gasteiger partial charge in [-0.15, -0.1) is 10.2 Å². The second kappa shape index (κ2) is 8.73. The highest BCUT2D eigenvalue weighted by molar-refractivity contribution is 7.15. The molecule has 132 valence electrons. The maximum Gasteiger partial charge on any atom is 0.413 e. The number of carbonyl (C=O) groups is 3. The van der Waals surface area contributed by atoms with Crippen LogP contribution in [0.4, 0.5) is 9.93 Å². The van der Waals surface area contributed by atoms with Crippen LogP contribution in [-0.4, -0.2) is 41.9 Å². The van der Waals surface area contributed by atoms with Gasteiger partial charge < -0.3 is 14.8 Å². The van der Waals surface area contributed by atoms with Crippen molar-refractivity contribution in [3.05, 3.63) is 40.9 Å². The second-order valence-electron chi connectivity index (χ2n) is 4.59. The average Bonchev–Trinajstić information content (AvgIpc) is 3.07. The van der Waals surface area contributed by atoms with Crippen LogP contribution < -0.4 is 10.6 Å². The molecule has 2 N–H and O–H groups in total. The molecule has 1 aromatic heterocycles. The molecule has 2 rings (SSSR count). The fourth-order valence-electron chi connectivity index (χ4n) is 1.80. The Morgan fingerprint density at radius 2 is 1.92 bits per heavy atom. The third-order valence-corrected chi connectivity index (χ3v) is 3.82. The van der Waals surface area contributed by atoms with Crippen molar-refractivity contribution in [3.8, 4) is 0 Å². The molecule has 0 saturated heterocycles. The summed E-state index contributed by atoms with van der Waals surface area (Å²) in [6.45, 7) is 1.87. The van der Waals surface area contributed by atoms with Gasteiger partial charge in [0.15, 0.2) is 11.0 Å². The third-order valence-electron chi connectivity index (χ3n) is 2.92. The Morgan fingerprint density at radius 1 is 1.20 bits per heavy atom. The van der Waals surface area contributed by atoms with Crippen LogP contribution in [-0.2, 0) is 14.3 Å². The number of amides is 2. The highest BCUT2D eigenvalue weighted by atomic mass is 32.1. The summed E-state index contributed by atoms with van der Waals surface area (Å²) in [4.78, 5) is 35.7. The number of aromatic nitrogens is 2. The standard InChI is InChI=1S/C15H16N4O5S/c1-3-24-15(22)17-14-19-18-12(25-14)10(13(21)23-2)16-11(20)9-7-5-4-6-8-9/h4-8,10H,3H2,1-2H3,(H,16,20)(H,17,19,22). The lowest BCUT2D eigenvalue weighted by molar-refractivity contribution is -0.143. The van der Waals surface area contributed by atoms with Gasteiger partial charge in [0.25, 0.3) is 5.91 Å². The molecule has 1 heterocycles. The summed E-state index contributed by atoms with van der Waals surface area (Å²) in [7, 11) is 1.20. The highest BCUT2D eigenvalue weighted by Gasteiger charge is 2.28. The van der Waals surface area contributed by atoms with Crippen molar-refractivity contribution in [1.82, 2.24) is 15.5 Å². The third kappa shape index (κ3) is 4.98. The summed E-state index contributed by atoms with van der Waals surface area (Å²) in [5.74, 6) is -1.17. The van der Waals surface area contributed by atoms with Gasteiger partial charge in [-0.25, -0.2) is 9.59 Å². The summed E-state index contributed by atoms with van der Waals surface area (Å²) in [5.41, 5.74) is 0.380. The maximum absolute atomic E-state index is 12.3. The van der Waals surface area contributed by atoms with E-state index in [1.165, 1.54) is 7.11 Å². The molecular weight excluding hydrogens is 348 g/mol. The van der Waals surface area contributed by atoms with E-state index in [4.69, 9.17) is 9.47 Å². The quantitative estimate of drug-likeness (QED) is 0.749. The van der Waals surface area contributed by atoms with Crippen molar-refractivity contribution in [2.24, 2.45) is 0 Å². The Bertz CT molecular complexity index is 749. The first kappa shape index (κ1) is 18.3. The number of esters is 1. The minimum Gasteiger partial charge on any atom is -0.467 e. The number of methoxy groups -OCH3 is 1. The fourth-order valence-corrected chi connectivity index (χ4v) is 2.57.